The summed E-state index contributed by atoms with van der Waals surface area (Å²) in [5, 5.41) is 0. The van der Waals surface area contributed by atoms with Gasteiger partial charge in [0.2, 0.25) is 6.43 Å². The maximum atomic E-state index is 11.5. The van der Waals surface area contributed by atoms with Gasteiger partial charge in [-0.3, -0.25) is 0 Å². The van der Waals surface area contributed by atoms with E-state index >= 15 is 0 Å². The first-order valence-corrected chi connectivity index (χ1v) is 2.77. The minimum Gasteiger partial charge on any atom is -0.381 e. The third kappa shape index (κ3) is 5.27. The second-order valence-electron chi connectivity index (χ2n) is 1.84. The molecule has 0 amide bonds. The van der Waals surface area contributed by atoms with Crippen molar-refractivity contribution in [3.05, 3.63) is 12.8 Å². The van der Waals surface area contributed by atoms with Gasteiger partial charge in [0.25, 0.3) is 0 Å². The van der Waals surface area contributed by atoms with Crippen LogP contribution in [0.25, 0.3) is 0 Å². The molecule has 3 heteroatoms. The third-order valence-electron chi connectivity index (χ3n) is 1.01. The van der Waals surface area contributed by atoms with Crippen LogP contribution in [0.3, 0.4) is 0 Å². The minimum atomic E-state index is -2.20. The Morgan fingerprint density at radius 2 is 2.22 bits per heavy atom. The second kappa shape index (κ2) is 4.30. The molecule has 0 N–H and O–H groups in total. The SMILES string of the molecule is C=CN(C)CCC(F)F. The molecule has 0 heterocycles. The van der Waals surface area contributed by atoms with Crippen LogP contribution >= 0.6 is 0 Å². The molecule has 1 nitrogen and oxygen atoms in total. The summed E-state index contributed by atoms with van der Waals surface area (Å²) in [5.41, 5.74) is 0. The lowest BCUT2D eigenvalue weighted by Gasteiger charge is -2.11. The lowest BCUT2D eigenvalue weighted by molar-refractivity contribution is 0.128. The number of rotatable bonds is 4. The van der Waals surface area contributed by atoms with Gasteiger partial charge in [0, 0.05) is 20.0 Å². The first-order valence-electron chi connectivity index (χ1n) is 2.77. The average Bonchev–Trinajstić information content (AvgIpc) is 1.83. The number of nitrogens with zero attached hydrogens (tertiary/aromatic N) is 1. The highest BCUT2D eigenvalue weighted by atomic mass is 19.3. The van der Waals surface area contributed by atoms with Crippen molar-refractivity contribution in [3.63, 3.8) is 0 Å². The standard InChI is InChI=1S/C6H11F2N/c1-3-9(2)5-4-6(7)8/h3,6H,1,4-5H2,2H3. The van der Waals surface area contributed by atoms with Gasteiger partial charge in [-0.05, 0) is 6.20 Å². The van der Waals surface area contributed by atoms with Crippen LogP contribution in [-0.2, 0) is 0 Å². The van der Waals surface area contributed by atoms with Crippen molar-refractivity contribution in [2.24, 2.45) is 0 Å². The molecule has 0 unspecified atom stereocenters. The van der Waals surface area contributed by atoms with Crippen LogP contribution in [0.4, 0.5) is 8.78 Å². The van der Waals surface area contributed by atoms with E-state index in [0.717, 1.165) is 0 Å². The van der Waals surface area contributed by atoms with E-state index < -0.39 is 6.43 Å². The molecule has 0 rings (SSSR count). The van der Waals surface area contributed by atoms with Crippen LogP contribution in [0.2, 0.25) is 0 Å². The summed E-state index contributed by atoms with van der Waals surface area (Å²) in [5.74, 6) is 0. The molecule has 0 bridgehead atoms. The number of alkyl halides is 2. The van der Waals surface area contributed by atoms with Crippen molar-refractivity contribution >= 4 is 0 Å². The molecule has 0 spiro atoms. The zero-order valence-corrected chi connectivity index (χ0v) is 5.48. The van der Waals surface area contributed by atoms with E-state index in [4.69, 9.17) is 0 Å². The first kappa shape index (κ1) is 8.40. The van der Waals surface area contributed by atoms with Crippen LogP contribution in [0.1, 0.15) is 6.42 Å². The lowest BCUT2D eigenvalue weighted by atomic mass is 10.4. The first-order chi connectivity index (χ1) is 4.16. The van der Waals surface area contributed by atoms with E-state index in [0.29, 0.717) is 6.54 Å². The molecule has 0 aliphatic carbocycles. The molecule has 0 saturated heterocycles. The highest BCUT2D eigenvalue weighted by Crippen LogP contribution is 1.99. The lowest BCUT2D eigenvalue weighted by Crippen LogP contribution is -2.14. The molecule has 0 aromatic heterocycles. The fourth-order valence-electron chi connectivity index (χ4n) is 0.393. The molecule has 0 radical (unpaired) electrons. The molecule has 0 saturated carbocycles. The smallest absolute Gasteiger partial charge is 0.240 e. The molecular formula is C6H11F2N. The predicted octanol–water partition coefficient (Wildman–Crippen LogP) is 1.72. The molecule has 0 fully saturated rings. The predicted molar refractivity (Wildman–Crippen MR) is 33.4 cm³/mol. The van der Waals surface area contributed by atoms with Gasteiger partial charge in [0.1, 0.15) is 0 Å². The quantitative estimate of drug-likeness (QED) is 0.567. The summed E-state index contributed by atoms with van der Waals surface area (Å²) in [6.07, 6.45) is -0.752. The van der Waals surface area contributed by atoms with Gasteiger partial charge in [-0.15, -0.1) is 0 Å². The van der Waals surface area contributed by atoms with E-state index in [9.17, 15) is 8.78 Å². The average molecular weight is 135 g/mol. The Bertz CT molecular complexity index is 83.1. The summed E-state index contributed by atoms with van der Waals surface area (Å²) in [7, 11) is 1.72. The molecule has 0 aliphatic heterocycles. The Hall–Kier alpha value is -0.600. The van der Waals surface area contributed by atoms with Gasteiger partial charge in [-0.25, -0.2) is 8.78 Å². The van der Waals surface area contributed by atoms with Gasteiger partial charge in [0.15, 0.2) is 0 Å². The van der Waals surface area contributed by atoms with Gasteiger partial charge in [-0.1, -0.05) is 6.58 Å². The van der Waals surface area contributed by atoms with Gasteiger partial charge in [-0.2, -0.15) is 0 Å². The molecule has 0 atom stereocenters. The van der Waals surface area contributed by atoms with E-state index in [1.165, 1.54) is 6.20 Å². The highest BCUT2D eigenvalue weighted by molar-refractivity contribution is 4.65. The summed E-state index contributed by atoms with van der Waals surface area (Å²) >= 11 is 0. The molecule has 9 heavy (non-hydrogen) atoms. The minimum absolute atomic E-state index is 0.0808. The summed E-state index contributed by atoms with van der Waals surface area (Å²) in [4.78, 5) is 1.63. The number of hydrogen-bond donors (Lipinski definition) is 0. The van der Waals surface area contributed by atoms with Gasteiger partial charge >= 0.3 is 0 Å². The summed E-state index contributed by atoms with van der Waals surface area (Å²) in [6.45, 7) is 3.80. The monoisotopic (exact) mass is 135 g/mol. The fourth-order valence-corrected chi connectivity index (χ4v) is 0.393. The van der Waals surface area contributed by atoms with Crippen LogP contribution in [0, 0.1) is 0 Å². The molecular weight excluding hydrogens is 124 g/mol. The van der Waals surface area contributed by atoms with Gasteiger partial charge in [0.05, 0.1) is 0 Å². The van der Waals surface area contributed by atoms with Crippen molar-refractivity contribution in [2.45, 2.75) is 12.8 Å². The Balaban J connectivity index is 3.16. The topological polar surface area (TPSA) is 3.24 Å². The second-order valence-corrected chi connectivity index (χ2v) is 1.84. The number of halogens is 2. The maximum absolute atomic E-state index is 11.5. The van der Waals surface area contributed by atoms with Crippen LogP contribution in [0.15, 0.2) is 12.8 Å². The van der Waals surface area contributed by atoms with Crippen molar-refractivity contribution in [1.29, 1.82) is 0 Å². The van der Waals surface area contributed by atoms with Crippen molar-refractivity contribution < 1.29 is 8.78 Å². The fraction of sp³-hybridized carbons (Fsp3) is 0.667. The molecule has 0 aliphatic rings. The van der Waals surface area contributed by atoms with Crippen molar-refractivity contribution in [2.75, 3.05) is 13.6 Å². The summed E-state index contributed by atoms with van der Waals surface area (Å²) in [6, 6.07) is 0. The van der Waals surface area contributed by atoms with Crippen LogP contribution in [-0.4, -0.2) is 24.9 Å². The van der Waals surface area contributed by atoms with Crippen molar-refractivity contribution in [3.8, 4) is 0 Å². The Morgan fingerprint density at radius 1 is 1.67 bits per heavy atom. The normalized spacial score (nSPS) is 9.78. The maximum Gasteiger partial charge on any atom is 0.240 e. The van der Waals surface area contributed by atoms with E-state index in [1.54, 1.807) is 11.9 Å². The van der Waals surface area contributed by atoms with Crippen LogP contribution < -0.4 is 0 Å². The van der Waals surface area contributed by atoms with E-state index in [1.807, 2.05) is 0 Å². The zero-order valence-electron chi connectivity index (χ0n) is 5.48. The third-order valence-corrected chi connectivity index (χ3v) is 1.01. The summed E-state index contributed by atoms with van der Waals surface area (Å²) < 4.78 is 22.9. The Kier molecular flexibility index (Phi) is 4.01. The molecule has 0 aromatic rings. The Labute approximate surface area is 54.0 Å². The van der Waals surface area contributed by atoms with Gasteiger partial charge < -0.3 is 4.90 Å². The Morgan fingerprint density at radius 3 is 2.56 bits per heavy atom. The van der Waals surface area contributed by atoms with Crippen LogP contribution in [0.5, 0.6) is 0 Å². The largest absolute Gasteiger partial charge is 0.381 e. The number of hydrogen-bond acceptors (Lipinski definition) is 1. The molecule has 54 valence electrons. The van der Waals surface area contributed by atoms with Crippen molar-refractivity contribution in [1.82, 2.24) is 4.90 Å². The van der Waals surface area contributed by atoms with E-state index in [-0.39, 0.29) is 6.42 Å². The van der Waals surface area contributed by atoms with E-state index in [2.05, 4.69) is 6.58 Å². The highest BCUT2D eigenvalue weighted by Gasteiger charge is 2.01. The zero-order chi connectivity index (χ0) is 7.28. The molecule has 0 aromatic carbocycles.